The van der Waals surface area contributed by atoms with E-state index in [0.717, 1.165) is 0 Å². The molecule has 1 aromatic heterocycles. The van der Waals surface area contributed by atoms with Crippen LogP contribution in [-0.4, -0.2) is 44.7 Å². The minimum absolute atomic E-state index is 0.0351. The van der Waals surface area contributed by atoms with Crippen LogP contribution in [0.2, 0.25) is 0 Å². The van der Waals surface area contributed by atoms with Gasteiger partial charge in [-0.3, -0.25) is 10.1 Å². The second kappa shape index (κ2) is 6.64. The maximum atomic E-state index is 10.6. The van der Waals surface area contributed by atoms with E-state index in [9.17, 15) is 10.1 Å². The first-order valence-electron chi connectivity index (χ1n) is 6.58. The van der Waals surface area contributed by atoms with Crippen LogP contribution in [0.1, 0.15) is 12.6 Å². The van der Waals surface area contributed by atoms with E-state index in [4.69, 9.17) is 10.4 Å². The van der Waals surface area contributed by atoms with Crippen molar-refractivity contribution < 1.29 is 10.0 Å². The zero-order chi connectivity index (χ0) is 16.1. The number of rotatable bonds is 6. The molecule has 0 unspecified atom stereocenters. The van der Waals surface area contributed by atoms with Crippen molar-refractivity contribution in [2.45, 2.75) is 6.92 Å². The number of non-ortho nitro benzene ring substituents is 1. The summed E-state index contributed by atoms with van der Waals surface area (Å²) in [6.07, 6.45) is 0. The smallest absolute Gasteiger partial charge is 0.269 e. The Hall–Kier alpha value is -2.99. The summed E-state index contributed by atoms with van der Waals surface area (Å²) in [4.78, 5) is 13.1. The van der Waals surface area contributed by atoms with Gasteiger partial charge in [0, 0.05) is 25.2 Å². The molecule has 114 valence electrons. The van der Waals surface area contributed by atoms with Gasteiger partial charge in [0.15, 0.2) is 5.82 Å². The van der Waals surface area contributed by atoms with Crippen molar-refractivity contribution in [1.82, 2.24) is 15.0 Å². The Kier molecular flexibility index (Phi) is 4.65. The molecule has 1 aromatic carbocycles. The summed E-state index contributed by atoms with van der Waals surface area (Å²) < 4.78 is 0. The number of likely N-dealkylation sites (N-methyl/N-ethyl adjacent to an activating group) is 1. The fourth-order valence-electron chi connectivity index (χ4n) is 1.94. The van der Waals surface area contributed by atoms with Crippen molar-refractivity contribution in [3.8, 4) is 11.8 Å². The molecule has 0 amide bonds. The quantitative estimate of drug-likeness (QED) is 0.620. The molecule has 2 aromatic rings. The molecule has 9 nitrogen and oxygen atoms in total. The van der Waals surface area contributed by atoms with Crippen LogP contribution in [0, 0.1) is 21.4 Å². The molecule has 0 aliphatic carbocycles. The van der Waals surface area contributed by atoms with E-state index in [1.807, 2.05) is 13.0 Å². The Bertz CT molecular complexity index is 704. The molecule has 2 rings (SSSR count). The number of nitro groups is 1. The van der Waals surface area contributed by atoms with Gasteiger partial charge in [0.2, 0.25) is 5.69 Å². The van der Waals surface area contributed by atoms with Gasteiger partial charge in [-0.2, -0.15) is 5.26 Å². The molecule has 0 saturated carbocycles. The molecule has 1 N–H and O–H groups in total. The predicted molar refractivity (Wildman–Crippen MR) is 77.7 cm³/mol. The Morgan fingerprint density at radius 2 is 2.09 bits per heavy atom. The molecule has 0 aliphatic rings. The third kappa shape index (κ3) is 3.02. The summed E-state index contributed by atoms with van der Waals surface area (Å²) in [6, 6.07) is 7.66. The number of nitro benzene ring substituents is 1. The normalized spacial score (nSPS) is 10.2. The fourth-order valence-corrected chi connectivity index (χ4v) is 1.94. The van der Waals surface area contributed by atoms with Crippen LogP contribution in [0.15, 0.2) is 24.3 Å². The number of aromatic nitrogens is 3. The number of aliphatic hydroxyl groups excluding tert-OH is 1. The molecule has 0 radical (unpaired) electrons. The fraction of sp³-hybridized carbons (Fsp3) is 0.308. The zero-order valence-corrected chi connectivity index (χ0v) is 11.9. The Balaban J connectivity index is 2.38. The van der Waals surface area contributed by atoms with Crippen LogP contribution in [-0.2, 0) is 0 Å². The third-order valence-electron chi connectivity index (χ3n) is 3.04. The van der Waals surface area contributed by atoms with E-state index in [-0.39, 0.29) is 18.0 Å². The Labute approximate surface area is 126 Å². The lowest BCUT2D eigenvalue weighted by Gasteiger charge is -2.18. The second-order valence-corrected chi connectivity index (χ2v) is 4.35. The molecule has 9 heteroatoms. The molecule has 0 fully saturated rings. The number of hydrogen-bond acceptors (Lipinski definition) is 7. The lowest BCUT2D eigenvalue weighted by molar-refractivity contribution is -0.384. The Morgan fingerprint density at radius 1 is 1.41 bits per heavy atom. The SMILES string of the molecule is CCN(CCO)c1nn(-c2ccc([N+](=O)[O-])cc2)nc1C#N. The number of nitriles is 1. The van der Waals surface area contributed by atoms with Crippen molar-refractivity contribution in [2.75, 3.05) is 24.6 Å². The zero-order valence-electron chi connectivity index (χ0n) is 11.9. The maximum Gasteiger partial charge on any atom is 0.269 e. The van der Waals surface area contributed by atoms with Crippen LogP contribution in [0.3, 0.4) is 0 Å². The van der Waals surface area contributed by atoms with Gasteiger partial charge in [-0.05, 0) is 19.1 Å². The molecular formula is C13H14N6O3. The second-order valence-electron chi connectivity index (χ2n) is 4.35. The minimum atomic E-state index is -0.494. The van der Waals surface area contributed by atoms with Gasteiger partial charge in [0.25, 0.3) is 5.69 Å². The molecular weight excluding hydrogens is 288 g/mol. The Morgan fingerprint density at radius 3 is 2.59 bits per heavy atom. The minimum Gasteiger partial charge on any atom is -0.395 e. The number of benzene rings is 1. The summed E-state index contributed by atoms with van der Waals surface area (Å²) in [5, 5.41) is 37.2. The van der Waals surface area contributed by atoms with Crippen molar-refractivity contribution in [3.63, 3.8) is 0 Å². The van der Waals surface area contributed by atoms with E-state index >= 15 is 0 Å². The molecule has 1 heterocycles. The van der Waals surface area contributed by atoms with Gasteiger partial charge in [0.05, 0.1) is 17.2 Å². The molecule has 0 aliphatic heterocycles. The predicted octanol–water partition coefficient (Wildman–Crippen LogP) is 0.866. The van der Waals surface area contributed by atoms with E-state index in [2.05, 4.69) is 10.2 Å². The number of anilines is 1. The highest BCUT2D eigenvalue weighted by Crippen LogP contribution is 2.19. The van der Waals surface area contributed by atoms with Crippen molar-refractivity contribution >= 4 is 11.5 Å². The largest absolute Gasteiger partial charge is 0.395 e. The van der Waals surface area contributed by atoms with Gasteiger partial charge in [-0.1, -0.05) is 0 Å². The van der Waals surface area contributed by atoms with Crippen molar-refractivity contribution in [2.24, 2.45) is 0 Å². The summed E-state index contributed by atoms with van der Waals surface area (Å²) in [6.45, 7) is 2.71. The highest BCUT2D eigenvalue weighted by molar-refractivity contribution is 5.50. The van der Waals surface area contributed by atoms with Crippen LogP contribution in [0.4, 0.5) is 11.5 Å². The standard InChI is InChI=1S/C13H14N6O3/c1-2-17(7-8-20)13-12(9-14)15-18(16-13)10-3-5-11(6-4-10)19(21)22/h3-6,20H,2,7-8H2,1H3. The highest BCUT2D eigenvalue weighted by Gasteiger charge is 2.17. The van der Waals surface area contributed by atoms with E-state index in [1.165, 1.54) is 29.1 Å². The molecule has 0 bridgehead atoms. The van der Waals surface area contributed by atoms with Crippen molar-refractivity contribution in [1.29, 1.82) is 5.26 Å². The summed E-state index contributed by atoms with van der Waals surface area (Å²) in [5.74, 6) is 0.373. The topological polar surface area (TPSA) is 121 Å². The van der Waals surface area contributed by atoms with Gasteiger partial charge in [-0.25, -0.2) is 0 Å². The van der Waals surface area contributed by atoms with Crippen LogP contribution in [0.25, 0.3) is 5.69 Å². The average molecular weight is 302 g/mol. The third-order valence-corrected chi connectivity index (χ3v) is 3.04. The van der Waals surface area contributed by atoms with E-state index in [1.54, 1.807) is 4.90 Å². The molecule has 0 atom stereocenters. The van der Waals surface area contributed by atoms with Gasteiger partial charge in [0.1, 0.15) is 6.07 Å². The van der Waals surface area contributed by atoms with E-state index < -0.39 is 4.92 Å². The van der Waals surface area contributed by atoms with Gasteiger partial charge in [-0.15, -0.1) is 15.0 Å². The summed E-state index contributed by atoms with van der Waals surface area (Å²) in [7, 11) is 0. The molecule has 22 heavy (non-hydrogen) atoms. The molecule has 0 saturated heterocycles. The highest BCUT2D eigenvalue weighted by atomic mass is 16.6. The average Bonchev–Trinajstić information content (AvgIpc) is 2.96. The number of aliphatic hydroxyl groups is 1. The molecule has 0 spiro atoms. The summed E-state index contributed by atoms with van der Waals surface area (Å²) in [5.41, 5.74) is 0.606. The van der Waals surface area contributed by atoms with Crippen molar-refractivity contribution in [3.05, 3.63) is 40.1 Å². The lowest BCUT2D eigenvalue weighted by atomic mass is 10.3. The van der Waals surface area contributed by atoms with Crippen LogP contribution < -0.4 is 4.90 Å². The lowest BCUT2D eigenvalue weighted by Crippen LogP contribution is -2.27. The first-order valence-corrected chi connectivity index (χ1v) is 6.58. The van der Waals surface area contributed by atoms with Gasteiger partial charge >= 0.3 is 0 Å². The first-order chi connectivity index (χ1) is 10.6. The van der Waals surface area contributed by atoms with Crippen LogP contribution >= 0.6 is 0 Å². The maximum absolute atomic E-state index is 10.6. The number of nitrogens with zero attached hydrogens (tertiary/aromatic N) is 6. The first kappa shape index (κ1) is 15.4. The van der Waals surface area contributed by atoms with Crippen LogP contribution in [0.5, 0.6) is 0 Å². The summed E-state index contributed by atoms with van der Waals surface area (Å²) >= 11 is 0. The monoisotopic (exact) mass is 302 g/mol. The van der Waals surface area contributed by atoms with Gasteiger partial charge < -0.3 is 10.0 Å². The van der Waals surface area contributed by atoms with E-state index in [0.29, 0.717) is 24.6 Å². The number of hydrogen-bond donors (Lipinski definition) is 1.